The lowest BCUT2D eigenvalue weighted by Crippen LogP contribution is -2.15. The number of halogens is 3. The molecule has 0 unspecified atom stereocenters. The lowest BCUT2D eigenvalue weighted by atomic mass is 9.77. The van der Waals surface area contributed by atoms with Gasteiger partial charge in [0, 0.05) is 0 Å². The Hall–Kier alpha value is -3.08. The molecule has 1 fully saturated rings. The molecule has 0 radical (unpaired) electrons. The van der Waals surface area contributed by atoms with Gasteiger partial charge in [-0.25, -0.2) is 13.6 Å². The number of esters is 1. The summed E-state index contributed by atoms with van der Waals surface area (Å²) in [5.74, 6) is -2.83. The van der Waals surface area contributed by atoms with Gasteiger partial charge in [0.25, 0.3) is 0 Å². The monoisotopic (exact) mass is 508 g/mol. The number of hydrogen-bond acceptors (Lipinski definition) is 2. The Morgan fingerprint density at radius 1 is 0.838 bits per heavy atom. The zero-order valence-corrected chi connectivity index (χ0v) is 21.7. The van der Waals surface area contributed by atoms with Crippen LogP contribution < -0.4 is 4.74 Å². The van der Waals surface area contributed by atoms with E-state index < -0.39 is 23.4 Å². The molecule has 0 saturated heterocycles. The van der Waals surface area contributed by atoms with Crippen LogP contribution in [0.3, 0.4) is 0 Å². The van der Waals surface area contributed by atoms with E-state index in [9.17, 15) is 18.0 Å². The Balaban J connectivity index is 1.42. The third-order valence-electron chi connectivity index (χ3n) is 7.57. The zero-order chi connectivity index (χ0) is 26.4. The van der Waals surface area contributed by atoms with E-state index in [2.05, 4.69) is 13.8 Å². The molecule has 4 rings (SSSR count). The van der Waals surface area contributed by atoms with E-state index in [-0.39, 0.29) is 17.3 Å². The molecule has 0 heterocycles. The predicted octanol–water partition coefficient (Wildman–Crippen LogP) is 9.41. The van der Waals surface area contributed by atoms with Gasteiger partial charge >= 0.3 is 5.97 Å². The molecule has 0 spiro atoms. The maximum absolute atomic E-state index is 14.9. The van der Waals surface area contributed by atoms with E-state index in [0.29, 0.717) is 29.0 Å². The Kier molecular flexibility index (Phi) is 9.07. The molecular formula is C32H35F3O2. The van der Waals surface area contributed by atoms with Crippen LogP contribution in [0, 0.1) is 23.4 Å². The van der Waals surface area contributed by atoms with E-state index in [1.165, 1.54) is 30.7 Å². The summed E-state index contributed by atoms with van der Waals surface area (Å²) in [4.78, 5) is 12.6. The van der Waals surface area contributed by atoms with E-state index >= 15 is 0 Å². The first kappa shape index (κ1) is 27.0. The van der Waals surface area contributed by atoms with Crippen molar-refractivity contribution in [3.8, 4) is 16.9 Å². The molecule has 196 valence electrons. The molecule has 0 bridgehead atoms. The van der Waals surface area contributed by atoms with E-state index in [1.54, 1.807) is 24.3 Å². The van der Waals surface area contributed by atoms with Crippen molar-refractivity contribution in [2.45, 2.75) is 77.6 Å². The summed E-state index contributed by atoms with van der Waals surface area (Å²) in [7, 11) is 0. The Bertz CT molecular complexity index is 1210. The molecule has 3 aromatic carbocycles. The van der Waals surface area contributed by atoms with Crippen molar-refractivity contribution in [3.05, 3.63) is 88.7 Å². The second-order valence-electron chi connectivity index (χ2n) is 10.2. The number of ether oxygens (including phenoxy) is 1. The zero-order valence-electron chi connectivity index (χ0n) is 21.7. The van der Waals surface area contributed by atoms with Crippen molar-refractivity contribution in [2.75, 3.05) is 0 Å². The third-order valence-corrected chi connectivity index (χ3v) is 7.57. The molecule has 0 aliphatic heterocycles. The van der Waals surface area contributed by atoms with Gasteiger partial charge in [-0.15, -0.1) is 0 Å². The Labute approximate surface area is 217 Å². The second-order valence-corrected chi connectivity index (χ2v) is 10.2. The summed E-state index contributed by atoms with van der Waals surface area (Å²) in [5.41, 5.74) is 2.69. The minimum absolute atomic E-state index is 0.00884. The van der Waals surface area contributed by atoms with Crippen LogP contribution >= 0.6 is 0 Å². The van der Waals surface area contributed by atoms with Gasteiger partial charge in [0.2, 0.25) is 5.82 Å². The van der Waals surface area contributed by atoms with Crippen molar-refractivity contribution < 1.29 is 22.7 Å². The average molecular weight is 509 g/mol. The van der Waals surface area contributed by atoms with Gasteiger partial charge in [0.05, 0.1) is 5.56 Å². The fraction of sp³-hybridized carbons (Fsp3) is 0.406. The molecule has 0 N–H and O–H groups in total. The number of rotatable bonds is 9. The summed E-state index contributed by atoms with van der Waals surface area (Å²) in [6.07, 6.45) is 8.71. The van der Waals surface area contributed by atoms with Crippen molar-refractivity contribution >= 4 is 5.97 Å². The number of carbonyl (C=O) groups is 1. The molecule has 0 amide bonds. The number of aryl methyl sites for hydroxylation is 1. The molecule has 1 saturated carbocycles. The number of hydrogen-bond donors (Lipinski definition) is 0. The van der Waals surface area contributed by atoms with Crippen molar-refractivity contribution in [1.29, 1.82) is 0 Å². The number of carbonyl (C=O) groups excluding carboxylic acids is 1. The fourth-order valence-corrected chi connectivity index (χ4v) is 5.37. The van der Waals surface area contributed by atoms with Gasteiger partial charge in [-0.3, -0.25) is 0 Å². The van der Waals surface area contributed by atoms with Crippen LogP contribution in [0.5, 0.6) is 5.75 Å². The van der Waals surface area contributed by atoms with Crippen LogP contribution in [0.15, 0.2) is 54.6 Å². The highest BCUT2D eigenvalue weighted by Crippen LogP contribution is 2.40. The maximum atomic E-state index is 14.9. The maximum Gasteiger partial charge on any atom is 0.343 e. The van der Waals surface area contributed by atoms with Crippen LogP contribution in [0.25, 0.3) is 11.1 Å². The standard InChI is InChI=1S/C32H35F3O2/c1-3-5-7-24-14-17-26(20-28(24)33)22-12-15-25(16-13-22)32(36)37-29-19-18-27(30(34)31(29)35)23-10-8-21(6-4-2)9-11-23/h12-21,23H,3-11H2,1-2H3. The summed E-state index contributed by atoms with van der Waals surface area (Å²) in [6.45, 7) is 4.24. The van der Waals surface area contributed by atoms with Crippen LogP contribution in [0.4, 0.5) is 13.2 Å². The van der Waals surface area contributed by atoms with Crippen LogP contribution in [-0.4, -0.2) is 5.97 Å². The summed E-state index contributed by atoms with van der Waals surface area (Å²) in [5, 5.41) is 0. The molecular weight excluding hydrogens is 473 g/mol. The first-order valence-electron chi connectivity index (χ1n) is 13.5. The number of benzene rings is 3. The quantitative estimate of drug-likeness (QED) is 0.213. The van der Waals surface area contributed by atoms with Crippen LogP contribution in [0.1, 0.15) is 92.6 Å². The SMILES string of the molecule is CCCCc1ccc(-c2ccc(C(=O)Oc3ccc(C4CCC(CCC)CC4)c(F)c3F)cc2)cc1F. The van der Waals surface area contributed by atoms with Gasteiger partial charge in [0.1, 0.15) is 5.82 Å². The molecule has 1 aliphatic rings. The minimum Gasteiger partial charge on any atom is -0.420 e. The van der Waals surface area contributed by atoms with Gasteiger partial charge in [-0.05, 0) is 96.9 Å². The largest absolute Gasteiger partial charge is 0.420 e. The van der Waals surface area contributed by atoms with Gasteiger partial charge in [0.15, 0.2) is 11.6 Å². The van der Waals surface area contributed by atoms with Gasteiger partial charge < -0.3 is 4.74 Å². The lowest BCUT2D eigenvalue weighted by Gasteiger charge is -2.29. The molecule has 1 aliphatic carbocycles. The topological polar surface area (TPSA) is 26.3 Å². The molecule has 3 aromatic rings. The summed E-state index contributed by atoms with van der Waals surface area (Å²) in [6, 6.07) is 14.5. The van der Waals surface area contributed by atoms with Gasteiger partial charge in [-0.2, -0.15) is 4.39 Å². The predicted molar refractivity (Wildman–Crippen MR) is 141 cm³/mol. The van der Waals surface area contributed by atoms with Crippen LogP contribution in [-0.2, 0) is 6.42 Å². The van der Waals surface area contributed by atoms with Gasteiger partial charge in [-0.1, -0.05) is 63.4 Å². The first-order chi connectivity index (χ1) is 17.9. The average Bonchev–Trinajstić information content (AvgIpc) is 2.91. The second kappa shape index (κ2) is 12.4. The minimum atomic E-state index is -1.13. The summed E-state index contributed by atoms with van der Waals surface area (Å²) < 4.78 is 49.4. The van der Waals surface area contributed by atoms with Crippen LogP contribution in [0.2, 0.25) is 0 Å². The molecule has 5 heteroatoms. The molecule has 37 heavy (non-hydrogen) atoms. The smallest absolute Gasteiger partial charge is 0.343 e. The van der Waals surface area contributed by atoms with E-state index in [0.717, 1.165) is 50.5 Å². The number of unbranched alkanes of at least 4 members (excludes halogenated alkanes) is 1. The summed E-state index contributed by atoms with van der Waals surface area (Å²) >= 11 is 0. The van der Waals surface area contributed by atoms with E-state index in [4.69, 9.17) is 4.74 Å². The molecule has 2 nitrogen and oxygen atoms in total. The fourth-order valence-electron chi connectivity index (χ4n) is 5.37. The Morgan fingerprint density at radius 3 is 2.19 bits per heavy atom. The normalized spacial score (nSPS) is 17.5. The highest BCUT2D eigenvalue weighted by Gasteiger charge is 2.27. The molecule has 0 aromatic heterocycles. The van der Waals surface area contributed by atoms with Crippen molar-refractivity contribution in [1.82, 2.24) is 0 Å². The lowest BCUT2D eigenvalue weighted by molar-refractivity contribution is 0.0726. The van der Waals surface area contributed by atoms with E-state index in [1.807, 2.05) is 6.07 Å². The van der Waals surface area contributed by atoms with Crippen molar-refractivity contribution in [2.24, 2.45) is 5.92 Å². The van der Waals surface area contributed by atoms with Crippen molar-refractivity contribution in [3.63, 3.8) is 0 Å². The molecule has 0 atom stereocenters. The highest BCUT2D eigenvalue weighted by molar-refractivity contribution is 5.91. The Morgan fingerprint density at radius 2 is 1.54 bits per heavy atom. The first-order valence-corrected chi connectivity index (χ1v) is 13.5. The third kappa shape index (κ3) is 6.44. The highest BCUT2D eigenvalue weighted by atomic mass is 19.2.